The molecule has 1 N–H and O–H groups in total. The van der Waals surface area contributed by atoms with Gasteiger partial charge in [-0.3, -0.25) is 19.9 Å². The topological polar surface area (TPSA) is 127 Å². The Bertz CT molecular complexity index is 1870. The van der Waals surface area contributed by atoms with E-state index < -0.39 is 17.2 Å². The molecule has 6 rings (SSSR count). The lowest BCUT2D eigenvalue weighted by Crippen LogP contribution is -2.27. The second-order valence-electron chi connectivity index (χ2n) is 10.0. The van der Waals surface area contributed by atoms with Crippen LogP contribution in [0.15, 0.2) is 78.2 Å². The van der Waals surface area contributed by atoms with Crippen LogP contribution >= 0.6 is 0 Å². The number of pyridine rings is 2. The first-order chi connectivity index (χ1) is 21.4. The van der Waals surface area contributed by atoms with Crippen molar-refractivity contribution in [2.24, 2.45) is 0 Å². The number of carbonyl (C=O) groups is 1. The third-order valence-corrected chi connectivity index (χ3v) is 7.35. The first-order valence-electron chi connectivity index (χ1n) is 13.8. The van der Waals surface area contributed by atoms with Crippen molar-refractivity contribution in [3.8, 4) is 34.1 Å². The molecule has 1 aliphatic heterocycles. The van der Waals surface area contributed by atoms with Crippen LogP contribution in [0.3, 0.4) is 0 Å². The lowest BCUT2D eigenvalue weighted by atomic mass is 10.0. The van der Waals surface area contributed by atoms with Gasteiger partial charge in [0.25, 0.3) is 5.91 Å². The predicted octanol–water partition coefficient (Wildman–Crippen LogP) is 5.41. The molecule has 0 atom stereocenters. The van der Waals surface area contributed by atoms with Crippen LogP contribution < -0.4 is 25.0 Å². The summed E-state index contributed by atoms with van der Waals surface area (Å²) in [6.07, 6.45) is 9.12. The number of anilines is 1. The standard InChI is InChI=1S/C32H28FN5O6/c1-41-28-13-23-26(14-29(28)42-2)34-10-7-27(23)44-22-15-35-32(36-16-22)37-31(40)25-18-38(21-8-11-43-12-9-21)17-24(30(25)39)19-3-5-20(33)6-4-19/h3-7,10,13-18,21H,8-9,11-12H2,1-2H3,(H,35,36,37,40). The number of amides is 1. The lowest BCUT2D eigenvalue weighted by Gasteiger charge is -2.26. The molecule has 0 spiro atoms. The van der Waals surface area contributed by atoms with Crippen molar-refractivity contribution in [3.63, 3.8) is 0 Å². The maximum Gasteiger partial charge on any atom is 0.263 e. The van der Waals surface area contributed by atoms with E-state index in [9.17, 15) is 14.0 Å². The maximum absolute atomic E-state index is 13.6. The number of rotatable bonds is 8. The maximum atomic E-state index is 13.6. The summed E-state index contributed by atoms with van der Waals surface area (Å²) in [4.78, 5) is 39.7. The van der Waals surface area contributed by atoms with E-state index in [1.807, 2.05) is 4.57 Å². The third kappa shape index (κ3) is 5.92. The van der Waals surface area contributed by atoms with Gasteiger partial charge in [-0.05, 0) is 42.7 Å². The SMILES string of the molecule is COc1cc2nccc(Oc3cnc(NC(=O)c4cn(C5CCOCC5)cc(-c5ccc(F)cc5)c4=O)nc3)c2cc1OC. The highest BCUT2D eigenvalue weighted by Gasteiger charge is 2.22. The van der Waals surface area contributed by atoms with Crippen molar-refractivity contribution >= 4 is 22.8 Å². The Balaban J connectivity index is 1.26. The van der Waals surface area contributed by atoms with E-state index >= 15 is 0 Å². The molecule has 3 aromatic heterocycles. The van der Waals surface area contributed by atoms with Crippen molar-refractivity contribution in [3.05, 3.63) is 95.1 Å². The molecule has 0 saturated carbocycles. The van der Waals surface area contributed by atoms with Gasteiger partial charge in [-0.1, -0.05) is 12.1 Å². The normalized spacial score (nSPS) is 13.4. The Morgan fingerprint density at radius 3 is 2.36 bits per heavy atom. The van der Waals surface area contributed by atoms with Gasteiger partial charge >= 0.3 is 0 Å². The average molecular weight is 598 g/mol. The molecule has 1 fully saturated rings. The minimum absolute atomic E-state index is 0.0162. The number of ether oxygens (including phenoxy) is 4. The van der Waals surface area contributed by atoms with Crippen LogP contribution in [0.5, 0.6) is 23.0 Å². The Kier molecular flexibility index (Phi) is 8.15. The molecule has 0 aliphatic carbocycles. The van der Waals surface area contributed by atoms with E-state index in [-0.39, 0.29) is 23.1 Å². The van der Waals surface area contributed by atoms with Crippen LogP contribution in [0.2, 0.25) is 0 Å². The molecule has 12 heteroatoms. The molecule has 1 saturated heterocycles. The van der Waals surface area contributed by atoms with Crippen LogP contribution in [0.1, 0.15) is 29.2 Å². The number of aromatic nitrogens is 4. The zero-order valence-electron chi connectivity index (χ0n) is 24.0. The molecule has 4 heterocycles. The molecule has 0 radical (unpaired) electrons. The fourth-order valence-electron chi connectivity index (χ4n) is 5.05. The van der Waals surface area contributed by atoms with Crippen LogP contribution in [-0.4, -0.2) is 52.9 Å². The summed E-state index contributed by atoms with van der Waals surface area (Å²) in [6, 6.07) is 10.8. The van der Waals surface area contributed by atoms with Gasteiger partial charge in [0.15, 0.2) is 17.2 Å². The molecule has 224 valence electrons. The molecule has 1 aliphatic rings. The zero-order chi connectivity index (χ0) is 30.6. The Morgan fingerprint density at radius 2 is 1.66 bits per heavy atom. The first-order valence-corrected chi connectivity index (χ1v) is 13.8. The molecular formula is C32H28FN5O6. The van der Waals surface area contributed by atoms with Crippen LogP contribution in [0.25, 0.3) is 22.0 Å². The van der Waals surface area contributed by atoms with Gasteiger partial charge in [-0.2, -0.15) is 0 Å². The van der Waals surface area contributed by atoms with Crippen molar-refractivity contribution in [2.75, 3.05) is 32.8 Å². The monoisotopic (exact) mass is 597 g/mol. The van der Waals surface area contributed by atoms with E-state index in [4.69, 9.17) is 18.9 Å². The summed E-state index contributed by atoms with van der Waals surface area (Å²) in [5.41, 5.74) is 0.847. The number of hydrogen-bond donors (Lipinski definition) is 1. The average Bonchev–Trinajstić information content (AvgIpc) is 3.06. The summed E-state index contributed by atoms with van der Waals surface area (Å²) in [7, 11) is 3.09. The van der Waals surface area contributed by atoms with Gasteiger partial charge in [-0.25, -0.2) is 14.4 Å². The van der Waals surface area contributed by atoms with Crippen molar-refractivity contribution in [2.45, 2.75) is 18.9 Å². The highest BCUT2D eigenvalue weighted by Crippen LogP contribution is 2.36. The number of hydrogen-bond acceptors (Lipinski definition) is 9. The van der Waals surface area contributed by atoms with Crippen molar-refractivity contribution in [1.82, 2.24) is 19.5 Å². The summed E-state index contributed by atoms with van der Waals surface area (Å²) in [5, 5.41) is 3.29. The lowest BCUT2D eigenvalue weighted by molar-refractivity contribution is 0.0694. The summed E-state index contributed by atoms with van der Waals surface area (Å²) >= 11 is 0. The van der Waals surface area contributed by atoms with E-state index in [1.54, 1.807) is 44.8 Å². The van der Waals surface area contributed by atoms with E-state index in [2.05, 4.69) is 20.3 Å². The van der Waals surface area contributed by atoms with Crippen LogP contribution in [-0.2, 0) is 4.74 Å². The molecule has 1 amide bonds. The van der Waals surface area contributed by atoms with E-state index in [0.29, 0.717) is 52.7 Å². The molecule has 11 nitrogen and oxygen atoms in total. The Hall–Kier alpha value is -5.36. The highest BCUT2D eigenvalue weighted by molar-refractivity contribution is 6.03. The fraction of sp³-hybridized carbons (Fsp3) is 0.219. The van der Waals surface area contributed by atoms with Crippen LogP contribution in [0, 0.1) is 5.82 Å². The van der Waals surface area contributed by atoms with Gasteiger partial charge in [0.1, 0.15) is 17.1 Å². The molecular weight excluding hydrogens is 569 g/mol. The largest absolute Gasteiger partial charge is 0.493 e. The molecule has 44 heavy (non-hydrogen) atoms. The quantitative estimate of drug-likeness (QED) is 0.250. The van der Waals surface area contributed by atoms with Crippen molar-refractivity contribution < 1.29 is 28.1 Å². The number of nitrogens with one attached hydrogen (secondary N) is 1. The zero-order valence-corrected chi connectivity index (χ0v) is 24.0. The second kappa shape index (κ2) is 12.5. The molecule has 2 aromatic carbocycles. The number of benzene rings is 2. The van der Waals surface area contributed by atoms with E-state index in [1.165, 1.54) is 42.9 Å². The number of methoxy groups -OCH3 is 2. The summed E-state index contributed by atoms with van der Waals surface area (Å²) < 4.78 is 37.7. The second-order valence-corrected chi connectivity index (χ2v) is 10.0. The van der Waals surface area contributed by atoms with Crippen LogP contribution in [0.4, 0.5) is 10.3 Å². The third-order valence-electron chi connectivity index (χ3n) is 7.35. The smallest absolute Gasteiger partial charge is 0.263 e. The van der Waals surface area contributed by atoms with Gasteiger partial charge in [-0.15, -0.1) is 0 Å². The molecule has 0 unspecified atom stereocenters. The molecule has 5 aromatic rings. The Morgan fingerprint density at radius 1 is 0.955 bits per heavy atom. The summed E-state index contributed by atoms with van der Waals surface area (Å²) in [5.74, 6) is 0.747. The van der Waals surface area contributed by atoms with Crippen molar-refractivity contribution in [1.29, 1.82) is 0 Å². The fourth-order valence-corrected chi connectivity index (χ4v) is 5.05. The molecule has 0 bridgehead atoms. The number of halogens is 1. The minimum Gasteiger partial charge on any atom is -0.493 e. The van der Waals surface area contributed by atoms with Gasteiger partial charge in [0.2, 0.25) is 11.4 Å². The summed E-state index contributed by atoms with van der Waals surface area (Å²) in [6.45, 7) is 1.15. The minimum atomic E-state index is -0.672. The predicted molar refractivity (Wildman–Crippen MR) is 160 cm³/mol. The van der Waals surface area contributed by atoms with E-state index in [0.717, 1.165) is 12.8 Å². The van der Waals surface area contributed by atoms with Gasteiger partial charge in [0, 0.05) is 54.9 Å². The number of nitrogens with zero attached hydrogens (tertiary/aromatic N) is 4. The highest BCUT2D eigenvalue weighted by atomic mass is 19.1. The Labute approximate surface area is 251 Å². The van der Waals surface area contributed by atoms with Gasteiger partial charge in [0.05, 0.1) is 32.1 Å². The van der Waals surface area contributed by atoms with Gasteiger partial charge < -0.3 is 23.5 Å². The number of carbonyl (C=O) groups excluding carboxylic acids is 1. The first kappa shape index (κ1) is 28.7. The number of fused-ring (bicyclic) bond motifs is 1.